The number of hydrogen-bond donors (Lipinski definition) is 2. The second-order valence-electron chi connectivity index (χ2n) is 10.1. The third kappa shape index (κ3) is 4.65. The Morgan fingerprint density at radius 3 is 2.26 bits per heavy atom. The number of benzene rings is 2. The molecule has 0 atom stereocenters. The number of anilines is 2. The van der Waals surface area contributed by atoms with Crippen molar-refractivity contribution in [2.24, 2.45) is 13.0 Å². The molecule has 2 aromatic heterocycles. The number of carbonyl (C=O) groups is 2. The number of nitrogens with two attached hydrogens (primary N) is 1. The minimum absolute atomic E-state index is 0.0665. The van der Waals surface area contributed by atoms with Gasteiger partial charge in [0.05, 0.1) is 11.1 Å². The van der Waals surface area contributed by atoms with E-state index >= 15 is 0 Å². The monoisotopic (exact) mass is 508 g/mol. The first-order chi connectivity index (χ1) is 18.2. The summed E-state index contributed by atoms with van der Waals surface area (Å²) in [7, 11) is 1.94. The van der Waals surface area contributed by atoms with E-state index in [2.05, 4.69) is 28.8 Å². The van der Waals surface area contributed by atoms with Gasteiger partial charge in [0.1, 0.15) is 17.8 Å². The van der Waals surface area contributed by atoms with Gasteiger partial charge in [-0.3, -0.25) is 9.59 Å². The second-order valence-corrected chi connectivity index (χ2v) is 10.1. The van der Waals surface area contributed by atoms with Gasteiger partial charge in [-0.05, 0) is 61.1 Å². The SMILES string of the molecule is C=C(C)C(=O)Nc1ccc(-c2c(-c3ccc(C(=O)N4CCC(C)CC4)cc3)c3c(N)ncnc3n2C)cc1. The lowest BCUT2D eigenvalue weighted by Gasteiger charge is -2.30. The fourth-order valence-corrected chi connectivity index (χ4v) is 5.02. The summed E-state index contributed by atoms with van der Waals surface area (Å²) in [5, 5.41) is 3.60. The third-order valence-corrected chi connectivity index (χ3v) is 7.29. The molecule has 8 nitrogen and oxygen atoms in total. The Hall–Kier alpha value is -4.46. The van der Waals surface area contributed by atoms with Gasteiger partial charge in [-0.25, -0.2) is 9.97 Å². The molecule has 1 aliphatic rings. The molecule has 0 unspecified atom stereocenters. The number of fused-ring (bicyclic) bond motifs is 1. The quantitative estimate of drug-likeness (QED) is 0.357. The second kappa shape index (κ2) is 10.1. The molecule has 0 saturated carbocycles. The van der Waals surface area contributed by atoms with E-state index in [-0.39, 0.29) is 11.8 Å². The van der Waals surface area contributed by atoms with Gasteiger partial charge in [-0.1, -0.05) is 37.8 Å². The van der Waals surface area contributed by atoms with Gasteiger partial charge in [0, 0.05) is 42.5 Å². The molecule has 5 rings (SSSR count). The number of rotatable bonds is 5. The summed E-state index contributed by atoms with van der Waals surface area (Å²) < 4.78 is 2.00. The van der Waals surface area contributed by atoms with Gasteiger partial charge in [0.25, 0.3) is 11.8 Å². The molecule has 0 bridgehead atoms. The van der Waals surface area contributed by atoms with E-state index < -0.39 is 0 Å². The minimum atomic E-state index is -0.222. The van der Waals surface area contributed by atoms with E-state index in [1.54, 1.807) is 6.92 Å². The number of amides is 2. The first-order valence-electron chi connectivity index (χ1n) is 12.8. The average Bonchev–Trinajstić information content (AvgIpc) is 3.22. The maximum Gasteiger partial charge on any atom is 0.253 e. The summed E-state index contributed by atoms with van der Waals surface area (Å²) >= 11 is 0. The van der Waals surface area contributed by atoms with E-state index in [0.717, 1.165) is 53.7 Å². The van der Waals surface area contributed by atoms with Gasteiger partial charge >= 0.3 is 0 Å². The zero-order valence-corrected chi connectivity index (χ0v) is 22.0. The van der Waals surface area contributed by atoms with Gasteiger partial charge in [-0.15, -0.1) is 0 Å². The number of carbonyl (C=O) groups excluding carboxylic acids is 2. The number of nitrogens with one attached hydrogen (secondary N) is 1. The predicted octanol–water partition coefficient (Wildman–Crippen LogP) is 5.27. The van der Waals surface area contributed by atoms with Crippen LogP contribution in [0, 0.1) is 5.92 Å². The summed E-state index contributed by atoms with van der Waals surface area (Å²) in [4.78, 5) is 35.9. The van der Waals surface area contributed by atoms with Crippen LogP contribution < -0.4 is 11.1 Å². The predicted molar refractivity (Wildman–Crippen MR) is 152 cm³/mol. The van der Waals surface area contributed by atoms with Crippen molar-refractivity contribution in [2.45, 2.75) is 26.7 Å². The highest BCUT2D eigenvalue weighted by Crippen LogP contribution is 2.41. The maximum atomic E-state index is 13.1. The molecular formula is C30H32N6O2. The summed E-state index contributed by atoms with van der Waals surface area (Å²) in [6, 6.07) is 15.3. The Labute approximate surface area is 222 Å². The highest BCUT2D eigenvalue weighted by Gasteiger charge is 2.24. The molecule has 194 valence electrons. The molecule has 1 aliphatic heterocycles. The number of aryl methyl sites for hydroxylation is 1. The van der Waals surface area contributed by atoms with Crippen LogP contribution in [0.4, 0.5) is 11.5 Å². The van der Waals surface area contributed by atoms with Gasteiger partial charge in [0.15, 0.2) is 0 Å². The maximum absolute atomic E-state index is 13.1. The van der Waals surface area contributed by atoms with Crippen LogP contribution in [0.25, 0.3) is 33.4 Å². The number of nitrogen functional groups attached to an aromatic ring is 1. The fourth-order valence-electron chi connectivity index (χ4n) is 5.02. The molecule has 2 amide bonds. The third-order valence-electron chi connectivity index (χ3n) is 7.29. The smallest absolute Gasteiger partial charge is 0.253 e. The Balaban J connectivity index is 1.55. The van der Waals surface area contributed by atoms with E-state index in [4.69, 9.17) is 5.73 Å². The molecule has 1 saturated heterocycles. The Bertz CT molecular complexity index is 1530. The Morgan fingerprint density at radius 1 is 1.00 bits per heavy atom. The molecule has 0 aliphatic carbocycles. The van der Waals surface area contributed by atoms with Crippen molar-refractivity contribution in [3.05, 3.63) is 72.6 Å². The van der Waals surface area contributed by atoms with E-state index in [9.17, 15) is 9.59 Å². The number of piperidine rings is 1. The van der Waals surface area contributed by atoms with Gasteiger partial charge in [0.2, 0.25) is 0 Å². The highest BCUT2D eigenvalue weighted by atomic mass is 16.2. The van der Waals surface area contributed by atoms with E-state index in [0.29, 0.717) is 34.2 Å². The summed E-state index contributed by atoms with van der Waals surface area (Å²) in [5.41, 5.74) is 12.5. The van der Waals surface area contributed by atoms with Crippen molar-refractivity contribution >= 4 is 34.4 Å². The molecule has 0 spiro atoms. The number of likely N-dealkylation sites (tertiary alicyclic amines) is 1. The number of aromatic nitrogens is 3. The molecular weight excluding hydrogens is 476 g/mol. The number of nitrogens with zero attached hydrogens (tertiary/aromatic N) is 4. The van der Waals surface area contributed by atoms with Gasteiger partial charge in [-0.2, -0.15) is 0 Å². The average molecular weight is 509 g/mol. The van der Waals surface area contributed by atoms with Crippen LogP contribution in [0.5, 0.6) is 0 Å². The van der Waals surface area contributed by atoms with Crippen LogP contribution in [-0.4, -0.2) is 44.3 Å². The Kier molecular flexibility index (Phi) is 6.72. The van der Waals surface area contributed by atoms with Crippen molar-refractivity contribution < 1.29 is 9.59 Å². The molecule has 38 heavy (non-hydrogen) atoms. The Morgan fingerprint density at radius 2 is 1.63 bits per heavy atom. The fraction of sp³-hybridized carbons (Fsp3) is 0.267. The standard InChI is InChI=1S/C30H32N6O2/c1-18(2)29(37)34-23-11-9-21(10-12-23)26-24(25-27(31)32-17-33-28(25)35(26)4)20-5-7-22(8-6-20)30(38)36-15-13-19(3)14-16-36/h5-12,17,19H,1,13-16H2,2-4H3,(H,34,37)(H2,31,32,33). The molecule has 0 radical (unpaired) electrons. The minimum Gasteiger partial charge on any atom is -0.383 e. The zero-order valence-electron chi connectivity index (χ0n) is 22.0. The van der Waals surface area contributed by atoms with Crippen molar-refractivity contribution in [1.29, 1.82) is 0 Å². The van der Waals surface area contributed by atoms with Crippen LogP contribution >= 0.6 is 0 Å². The lowest BCUT2D eigenvalue weighted by Crippen LogP contribution is -2.37. The lowest BCUT2D eigenvalue weighted by molar-refractivity contribution is -0.112. The normalized spacial score (nSPS) is 14.0. The zero-order chi connectivity index (χ0) is 27.0. The van der Waals surface area contributed by atoms with Crippen LogP contribution in [0.3, 0.4) is 0 Å². The largest absolute Gasteiger partial charge is 0.383 e. The summed E-state index contributed by atoms with van der Waals surface area (Å²) in [5.74, 6) is 0.895. The molecule has 1 fully saturated rings. The van der Waals surface area contributed by atoms with Crippen molar-refractivity contribution in [3.63, 3.8) is 0 Å². The lowest BCUT2D eigenvalue weighted by atomic mass is 9.96. The van der Waals surface area contributed by atoms with Crippen molar-refractivity contribution in [1.82, 2.24) is 19.4 Å². The number of hydrogen-bond acceptors (Lipinski definition) is 5. The van der Waals surface area contributed by atoms with Crippen LogP contribution in [0.15, 0.2) is 67.0 Å². The van der Waals surface area contributed by atoms with Crippen molar-refractivity contribution in [2.75, 3.05) is 24.1 Å². The van der Waals surface area contributed by atoms with Crippen LogP contribution in [0.2, 0.25) is 0 Å². The molecule has 3 N–H and O–H groups in total. The summed E-state index contributed by atoms with van der Waals surface area (Å²) in [6.07, 6.45) is 3.54. The van der Waals surface area contributed by atoms with E-state index in [1.807, 2.05) is 65.0 Å². The highest BCUT2D eigenvalue weighted by molar-refractivity contribution is 6.08. The molecule has 8 heteroatoms. The topological polar surface area (TPSA) is 106 Å². The molecule has 2 aromatic carbocycles. The molecule has 4 aromatic rings. The van der Waals surface area contributed by atoms with Crippen LogP contribution in [0.1, 0.15) is 37.0 Å². The van der Waals surface area contributed by atoms with Gasteiger partial charge < -0.3 is 20.5 Å². The van der Waals surface area contributed by atoms with E-state index in [1.165, 1.54) is 6.33 Å². The van der Waals surface area contributed by atoms with Crippen LogP contribution in [-0.2, 0) is 11.8 Å². The first-order valence-corrected chi connectivity index (χ1v) is 12.8. The first kappa shape index (κ1) is 25.2. The summed E-state index contributed by atoms with van der Waals surface area (Å²) in [6.45, 7) is 9.19. The van der Waals surface area contributed by atoms with Crippen molar-refractivity contribution in [3.8, 4) is 22.4 Å². The molecule has 3 heterocycles.